The molecule has 31 heavy (non-hydrogen) atoms. The number of rotatable bonds is 6. The number of hydrogen-bond donors (Lipinski definition) is 1. The van der Waals surface area contributed by atoms with Gasteiger partial charge in [-0.2, -0.15) is 4.98 Å². The van der Waals surface area contributed by atoms with Gasteiger partial charge in [0, 0.05) is 11.1 Å². The van der Waals surface area contributed by atoms with Gasteiger partial charge in [-0.15, -0.1) is 0 Å². The molecule has 1 N–H and O–H groups in total. The smallest absolute Gasteiger partial charge is 0.265 e. The number of ether oxygens (including phenoxy) is 2. The van der Waals surface area contributed by atoms with Crippen molar-refractivity contribution in [2.45, 2.75) is 44.3 Å². The molecular formula is C24H25N3O4. The lowest BCUT2D eigenvalue weighted by Gasteiger charge is -2.17. The van der Waals surface area contributed by atoms with Gasteiger partial charge in [0.2, 0.25) is 5.82 Å². The van der Waals surface area contributed by atoms with E-state index in [1.807, 2.05) is 61.5 Å². The summed E-state index contributed by atoms with van der Waals surface area (Å²) in [4.78, 5) is 10.4. The molecule has 1 saturated carbocycles. The summed E-state index contributed by atoms with van der Waals surface area (Å²) in [5.74, 6) is 2.37. The monoisotopic (exact) mass is 419 g/mol. The minimum Gasteiger partial charge on any atom is -0.493 e. The maximum absolute atomic E-state index is 6.22. The van der Waals surface area contributed by atoms with Gasteiger partial charge in [0.1, 0.15) is 0 Å². The van der Waals surface area contributed by atoms with Crippen LogP contribution in [0.2, 0.25) is 0 Å². The first-order valence-electron chi connectivity index (χ1n) is 10.6. The lowest BCUT2D eigenvalue weighted by atomic mass is 10.0. The Balaban J connectivity index is 1.41. The predicted octanol–water partition coefficient (Wildman–Crippen LogP) is 4.86. The number of methoxy groups -OCH3 is 1. The molecule has 0 bridgehead atoms. The van der Waals surface area contributed by atoms with Crippen molar-refractivity contribution in [2.75, 3.05) is 7.11 Å². The summed E-state index contributed by atoms with van der Waals surface area (Å²) >= 11 is 0. The third-order valence-corrected chi connectivity index (χ3v) is 5.75. The maximum Gasteiger partial charge on any atom is 0.265 e. The van der Waals surface area contributed by atoms with Gasteiger partial charge in [0.25, 0.3) is 5.89 Å². The van der Waals surface area contributed by atoms with Gasteiger partial charge in [0.05, 0.1) is 18.9 Å². The molecule has 7 nitrogen and oxygen atoms in total. The summed E-state index contributed by atoms with van der Waals surface area (Å²) in [5, 5.41) is 4.11. The third-order valence-electron chi connectivity index (χ3n) is 5.75. The third kappa shape index (κ3) is 3.88. The minimum absolute atomic E-state index is 0.242. The Labute approximate surface area is 181 Å². The first-order valence-corrected chi connectivity index (χ1v) is 10.6. The topological polar surface area (TPSA) is 78.6 Å². The summed E-state index contributed by atoms with van der Waals surface area (Å²) in [6.45, 7) is 1.88. The Kier molecular flexibility index (Phi) is 5.11. The number of hydroxylamine groups is 1. The Bertz CT molecular complexity index is 1090. The van der Waals surface area contributed by atoms with E-state index in [9.17, 15) is 0 Å². The van der Waals surface area contributed by atoms with Gasteiger partial charge in [-0.25, -0.2) is 0 Å². The highest BCUT2D eigenvalue weighted by molar-refractivity contribution is 5.68. The molecule has 7 heteroatoms. The van der Waals surface area contributed by atoms with Crippen molar-refractivity contribution in [3.05, 3.63) is 66.1 Å². The molecule has 1 unspecified atom stereocenters. The molecule has 1 atom stereocenters. The van der Waals surface area contributed by atoms with Crippen molar-refractivity contribution in [1.82, 2.24) is 15.6 Å². The summed E-state index contributed by atoms with van der Waals surface area (Å²) < 4.78 is 17.2. The molecule has 0 radical (unpaired) electrons. The minimum atomic E-state index is -0.887. The van der Waals surface area contributed by atoms with Gasteiger partial charge in [-0.3, -0.25) is 10.3 Å². The fraction of sp³-hybridized carbons (Fsp3) is 0.333. The van der Waals surface area contributed by atoms with Crippen LogP contribution in [-0.4, -0.2) is 23.4 Å². The van der Waals surface area contributed by atoms with E-state index in [1.165, 1.54) is 12.8 Å². The molecule has 3 aromatic rings. The normalized spacial score (nSPS) is 21.0. The second kappa shape index (κ2) is 8.07. The summed E-state index contributed by atoms with van der Waals surface area (Å²) in [6, 6.07) is 15.6. The Morgan fingerprint density at radius 2 is 1.84 bits per heavy atom. The molecule has 2 aliphatic rings. The lowest BCUT2D eigenvalue weighted by molar-refractivity contribution is -0.0445. The van der Waals surface area contributed by atoms with E-state index >= 15 is 0 Å². The number of aromatic nitrogens is 2. The molecule has 0 spiro atoms. The van der Waals surface area contributed by atoms with E-state index in [2.05, 4.69) is 15.6 Å². The molecule has 1 aliphatic heterocycles. The number of nitrogens with zero attached hydrogens (tertiary/aromatic N) is 2. The Morgan fingerprint density at radius 1 is 1.03 bits per heavy atom. The van der Waals surface area contributed by atoms with E-state index < -0.39 is 5.60 Å². The zero-order valence-corrected chi connectivity index (χ0v) is 17.6. The largest absolute Gasteiger partial charge is 0.493 e. The van der Waals surface area contributed by atoms with Gasteiger partial charge >= 0.3 is 0 Å². The maximum atomic E-state index is 6.22. The van der Waals surface area contributed by atoms with Crippen LogP contribution >= 0.6 is 0 Å². The van der Waals surface area contributed by atoms with Crippen molar-refractivity contribution in [1.29, 1.82) is 0 Å². The second-order valence-corrected chi connectivity index (χ2v) is 8.05. The van der Waals surface area contributed by atoms with Crippen LogP contribution in [0.5, 0.6) is 11.5 Å². The van der Waals surface area contributed by atoms with E-state index in [0.29, 0.717) is 11.7 Å². The average molecular weight is 419 g/mol. The molecule has 1 aromatic heterocycles. The molecule has 2 heterocycles. The number of hydrogen-bond acceptors (Lipinski definition) is 7. The zero-order chi connectivity index (χ0) is 21.3. The average Bonchev–Trinajstić information content (AvgIpc) is 3.56. The van der Waals surface area contributed by atoms with Crippen molar-refractivity contribution in [3.8, 4) is 22.9 Å². The standard InChI is InChI=1S/C24H25N3O4/c1-24(23-25-22(27-30-23)16-8-4-3-5-9-16)15-19(26-31-24)17-12-13-20(28-2)21(14-17)29-18-10-6-7-11-18/h3-5,8-9,12-15,18,26H,6-7,10-11H2,1-2H3. The highest BCUT2D eigenvalue weighted by Gasteiger charge is 2.38. The summed E-state index contributed by atoms with van der Waals surface area (Å²) in [7, 11) is 1.66. The second-order valence-electron chi connectivity index (χ2n) is 8.05. The van der Waals surface area contributed by atoms with Crippen molar-refractivity contribution in [2.24, 2.45) is 0 Å². The quantitative estimate of drug-likeness (QED) is 0.611. The Hall–Kier alpha value is -3.32. The van der Waals surface area contributed by atoms with Gasteiger partial charge in [-0.05, 0) is 56.9 Å². The Morgan fingerprint density at radius 3 is 2.61 bits per heavy atom. The lowest BCUT2D eigenvalue weighted by Crippen LogP contribution is -2.23. The van der Waals surface area contributed by atoms with Gasteiger partial charge in [0.15, 0.2) is 17.1 Å². The van der Waals surface area contributed by atoms with E-state index in [1.54, 1.807) is 7.11 Å². The molecule has 5 rings (SSSR count). The molecule has 0 saturated heterocycles. The van der Waals surface area contributed by atoms with Crippen LogP contribution in [0.1, 0.15) is 44.1 Å². The van der Waals surface area contributed by atoms with E-state index in [-0.39, 0.29) is 6.10 Å². The highest BCUT2D eigenvalue weighted by Crippen LogP contribution is 2.38. The summed E-state index contributed by atoms with van der Waals surface area (Å²) in [5.41, 5.74) is 4.75. The molecule has 1 aliphatic carbocycles. The van der Waals surface area contributed by atoms with Gasteiger partial charge < -0.3 is 14.0 Å². The van der Waals surface area contributed by atoms with E-state index in [4.69, 9.17) is 18.8 Å². The van der Waals surface area contributed by atoms with Crippen molar-refractivity contribution < 1.29 is 18.8 Å². The van der Waals surface area contributed by atoms with Crippen LogP contribution in [0.15, 0.2) is 59.1 Å². The SMILES string of the molecule is COc1ccc(C2=CC(C)(c3nc(-c4ccccc4)no3)ON2)cc1OC1CCCC1. The molecule has 1 fully saturated rings. The van der Waals surface area contributed by atoms with Crippen LogP contribution < -0.4 is 15.0 Å². The fourth-order valence-corrected chi connectivity index (χ4v) is 3.99. The van der Waals surface area contributed by atoms with Crippen LogP contribution in [0.4, 0.5) is 0 Å². The zero-order valence-electron chi connectivity index (χ0n) is 17.6. The molecular weight excluding hydrogens is 394 g/mol. The highest BCUT2D eigenvalue weighted by atomic mass is 16.7. The first kappa shape index (κ1) is 19.6. The molecule has 2 aromatic carbocycles. The predicted molar refractivity (Wildman–Crippen MR) is 115 cm³/mol. The summed E-state index contributed by atoms with van der Waals surface area (Å²) in [6.07, 6.45) is 6.76. The van der Waals surface area contributed by atoms with Crippen LogP contribution in [0.25, 0.3) is 17.1 Å². The number of benzene rings is 2. The van der Waals surface area contributed by atoms with Crippen molar-refractivity contribution >= 4 is 5.70 Å². The van der Waals surface area contributed by atoms with Crippen LogP contribution in [0.3, 0.4) is 0 Å². The molecule has 160 valence electrons. The van der Waals surface area contributed by atoms with Crippen LogP contribution in [-0.2, 0) is 10.4 Å². The fourth-order valence-electron chi connectivity index (χ4n) is 3.99. The van der Waals surface area contributed by atoms with Crippen molar-refractivity contribution in [3.63, 3.8) is 0 Å². The van der Waals surface area contributed by atoms with E-state index in [0.717, 1.165) is 41.2 Å². The van der Waals surface area contributed by atoms with Gasteiger partial charge in [-0.1, -0.05) is 35.5 Å². The number of nitrogens with one attached hydrogen (secondary N) is 1. The van der Waals surface area contributed by atoms with Crippen LogP contribution in [0, 0.1) is 0 Å². The first-order chi connectivity index (χ1) is 15.1. The molecule has 0 amide bonds.